The molecule has 1 aliphatic rings. The predicted molar refractivity (Wildman–Crippen MR) is 87.7 cm³/mol. The van der Waals surface area contributed by atoms with Crippen LogP contribution in [0.15, 0.2) is 43.2 Å². The number of hydrogen-bond donors (Lipinski definition) is 1. The van der Waals surface area contributed by atoms with Crippen molar-refractivity contribution in [3.8, 4) is 0 Å². The van der Waals surface area contributed by atoms with Gasteiger partial charge >= 0.3 is 0 Å². The first-order chi connectivity index (χ1) is 11.8. The summed E-state index contributed by atoms with van der Waals surface area (Å²) in [6, 6.07) is 3.65. The lowest BCUT2D eigenvalue weighted by atomic mass is 10.1. The van der Waals surface area contributed by atoms with Crippen molar-refractivity contribution >= 4 is 17.4 Å². The van der Waals surface area contributed by atoms with Gasteiger partial charge < -0.3 is 10.2 Å². The van der Waals surface area contributed by atoms with Crippen LogP contribution in [0.5, 0.6) is 0 Å². The lowest BCUT2D eigenvalue weighted by Crippen LogP contribution is -2.48. The van der Waals surface area contributed by atoms with Crippen LogP contribution in [0, 0.1) is 0 Å². The lowest BCUT2D eigenvalue weighted by Gasteiger charge is -2.33. The average Bonchev–Trinajstić information content (AvgIpc) is 3.11. The monoisotopic (exact) mass is 323 g/mol. The predicted octanol–water partition coefficient (Wildman–Crippen LogP) is 0.918. The number of nitrogens with one attached hydrogen (secondary N) is 1. The SMILES string of the molecule is O=C(N[C@@H]1CCCN(c2cnccn2)C1)c1cccn2cnnc12. The van der Waals surface area contributed by atoms with Crippen molar-refractivity contribution in [3.05, 3.63) is 48.8 Å². The third-order valence-corrected chi connectivity index (χ3v) is 4.20. The molecule has 3 aromatic heterocycles. The van der Waals surface area contributed by atoms with Gasteiger partial charge in [-0.2, -0.15) is 0 Å². The Kier molecular flexibility index (Phi) is 3.78. The number of hydrogen-bond acceptors (Lipinski definition) is 6. The van der Waals surface area contributed by atoms with Crippen LogP contribution in [0.4, 0.5) is 5.82 Å². The second kappa shape index (κ2) is 6.23. The van der Waals surface area contributed by atoms with Gasteiger partial charge in [-0.25, -0.2) is 4.98 Å². The van der Waals surface area contributed by atoms with Gasteiger partial charge in [0, 0.05) is 37.7 Å². The molecule has 1 saturated heterocycles. The van der Waals surface area contributed by atoms with E-state index >= 15 is 0 Å². The summed E-state index contributed by atoms with van der Waals surface area (Å²) in [5.41, 5.74) is 1.10. The normalized spacial score (nSPS) is 17.8. The van der Waals surface area contributed by atoms with Crippen molar-refractivity contribution in [2.24, 2.45) is 0 Å². The number of rotatable bonds is 3. The van der Waals surface area contributed by atoms with Gasteiger partial charge in [0.15, 0.2) is 5.65 Å². The number of piperidine rings is 1. The van der Waals surface area contributed by atoms with Crippen molar-refractivity contribution < 1.29 is 4.79 Å². The molecule has 0 radical (unpaired) electrons. The summed E-state index contributed by atoms with van der Waals surface area (Å²) in [4.78, 5) is 23.2. The molecular weight excluding hydrogens is 306 g/mol. The Morgan fingerprint density at radius 2 is 2.29 bits per heavy atom. The van der Waals surface area contributed by atoms with Crippen LogP contribution in [-0.2, 0) is 0 Å². The van der Waals surface area contributed by atoms with Crippen molar-refractivity contribution in [3.63, 3.8) is 0 Å². The molecule has 3 aromatic rings. The molecule has 0 unspecified atom stereocenters. The lowest BCUT2D eigenvalue weighted by molar-refractivity contribution is 0.0934. The van der Waals surface area contributed by atoms with Gasteiger partial charge in [0.05, 0.1) is 11.8 Å². The molecule has 0 spiro atoms. The Morgan fingerprint density at radius 3 is 3.17 bits per heavy atom. The van der Waals surface area contributed by atoms with E-state index in [1.54, 1.807) is 35.4 Å². The number of nitrogens with zero attached hydrogens (tertiary/aromatic N) is 6. The second-order valence-electron chi connectivity index (χ2n) is 5.81. The summed E-state index contributed by atoms with van der Waals surface area (Å²) >= 11 is 0. The maximum Gasteiger partial charge on any atom is 0.255 e. The summed E-state index contributed by atoms with van der Waals surface area (Å²) in [6.07, 6.45) is 10.4. The molecule has 8 nitrogen and oxygen atoms in total. The maximum atomic E-state index is 12.6. The highest BCUT2D eigenvalue weighted by atomic mass is 16.1. The van der Waals surface area contributed by atoms with Crippen LogP contribution in [-0.4, -0.2) is 49.6 Å². The number of aromatic nitrogens is 5. The van der Waals surface area contributed by atoms with E-state index in [0.717, 1.165) is 31.7 Å². The van der Waals surface area contributed by atoms with E-state index in [-0.39, 0.29) is 11.9 Å². The van der Waals surface area contributed by atoms with Gasteiger partial charge in [0.2, 0.25) is 0 Å². The molecule has 24 heavy (non-hydrogen) atoms. The van der Waals surface area contributed by atoms with Gasteiger partial charge in [0.1, 0.15) is 12.1 Å². The standard InChI is InChI=1S/C16H17N7O/c24-16(13-4-2-8-23-11-19-21-15(13)23)20-12-3-1-7-22(10-12)14-9-17-5-6-18-14/h2,4-6,8-9,11-12H,1,3,7,10H2,(H,20,24)/t12-/m1/s1. The highest BCUT2D eigenvalue weighted by molar-refractivity contribution is 5.99. The van der Waals surface area contributed by atoms with Gasteiger partial charge in [-0.1, -0.05) is 0 Å². The fourth-order valence-electron chi connectivity index (χ4n) is 3.05. The van der Waals surface area contributed by atoms with E-state index in [4.69, 9.17) is 0 Å². The van der Waals surface area contributed by atoms with Gasteiger partial charge in [-0.15, -0.1) is 10.2 Å². The molecule has 0 aromatic carbocycles. The van der Waals surface area contributed by atoms with Crippen LogP contribution in [0.25, 0.3) is 5.65 Å². The topological polar surface area (TPSA) is 88.3 Å². The number of carbonyl (C=O) groups is 1. The zero-order valence-electron chi connectivity index (χ0n) is 13.0. The fraction of sp³-hybridized carbons (Fsp3) is 0.312. The third-order valence-electron chi connectivity index (χ3n) is 4.20. The number of carbonyl (C=O) groups excluding carboxylic acids is 1. The molecule has 1 amide bonds. The zero-order valence-corrected chi connectivity index (χ0v) is 13.0. The van der Waals surface area contributed by atoms with Crippen LogP contribution >= 0.6 is 0 Å². The summed E-state index contributed by atoms with van der Waals surface area (Å²) in [5, 5.41) is 11.0. The van der Waals surface area contributed by atoms with Crippen molar-refractivity contribution in [2.75, 3.05) is 18.0 Å². The van der Waals surface area contributed by atoms with Crippen LogP contribution in [0.3, 0.4) is 0 Å². The second-order valence-corrected chi connectivity index (χ2v) is 5.81. The molecule has 4 heterocycles. The molecule has 122 valence electrons. The molecule has 1 N–H and O–H groups in total. The minimum absolute atomic E-state index is 0.0661. The summed E-state index contributed by atoms with van der Waals surface area (Å²) in [6.45, 7) is 1.64. The summed E-state index contributed by atoms with van der Waals surface area (Å²) < 4.78 is 1.74. The first-order valence-electron chi connectivity index (χ1n) is 7.91. The number of fused-ring (bicyclic) bond motifs is 1. The van der Waals surface area contributed by atoms with E-state index in [1.165, 1.54) is 0 Å². The highest BCUT2D eigenvalue weighted by Gasteiger charge is 2.23. The Bertz CT molecular complexity index is 848. The Balaban J connectivity index is 1.48. The first kappa shape index (κ1) is 14.6. The van der Waals surface area contributed by atoms with E-state index < -0.39 is 0 Å². The van der Waals surface area contributed by atoms with E-state index in [2.05, 4.69) is 30.4 Å². The van der Waals surface area contributed by atoms with Crippen LogP contribution in [0.2, 0.25) is 0 Å². The van der Waals surface area contributed by atoms with Crippen molar-refractivity contribution in [1.82, 2.24) is 29.9 Å². The smallest absolute Gasteiger partial charge is 0.255 e. The van der Waals surface area contributed by atoms with Gasteiger partial charge in [0.25, 0.3) is 5.91 Å². The molecule has 0 bridgehead atoms. The first-order valence-corrected chi connectivity index (χ1v) is 7.91. The Labute approximate surface area is 138 Å². The van der Waals surface area contributed by atoms with Gasteiger partial charge in [-0.3, -0.25) is 14.2 Å². The summed E-state index contributed by atoms with van der Waals surface area (Å²) in [5.74, 6) is 0.718. The maximum absolute atomic E-state index is 12.6. The summed E-state index contributed by atoms with van der Waals surface area (Å²) in [7, 11) is 0. The van der Waals surface area contributed by atoms with E-state index in [9.17, 15) is 4.79 Å². The van der Waals surface area contributed by atoms with Gasteiger partial charge in [-0.05, 0) is 25.0 Å². The van der Waals surface area contributed by atoms with E-state index in [0.29, 0.717) is 11.2 Å². The molecular formula is C16H17N7O. The minimum atomic E-state index is -0.125. The fourth-order valence-corrected chi connectivity index (χ4v) is 3.05. The van der Waals surface area contributed by atoms with Crippen LogP contribution in [0.1, 0.15) is 23.2 Å². The van der Waals surface area contributed by atoms with Crippen LogP contribution < -0.4 is 10.2 Å². The number of amides is 1. The Hall–Kier alpha value is -3.03. The molecule has 1 atom stereocenters. The van der Waals surface area contributed by atoms with Crippen molar-refractivity contribution in [1.29, 1.82) is 0 Å². The average molecular weight is 323 g/mol. The molecule has 4 rings (SSSR count). The molecule has 8 heteroatoms. The highest BCUT2D eigenvalue weighted by Crippen LogP contribution is 2.17. The number of pyridine rings is 1. The quantitative estimate of drug-likeness (QED) is 0.771. The molecule has 0 saturated carbocycles. The van der Waals surface area contributed by atoms with E-state index in [1.807, 2.05) is 12.3 Å². The minimum Gasteiger partial charge on any atom is -0.353 e. The molecule has 1 aliphatic heterocycles. The molecule has 0 aliphatic carbocycles. The third kappa shape index (κ3) is 2.78. The van der Waals surface area contributed by atoms with Crippen molar-refractivity contribution in [2.45, 2.75) is 18.9 Å². The zero-order chi connectivity index (χ0) is 16.4. The largest absolute Gasteiger partial charge is 0.353 e. The number of anilines is 1. The Morgan fingerprint density at radius 1 is 1.33 bits per heavy atom. The molecule has 1 fully saturated rings.